The van der Waals surface area contributed by atoms with Crippen LogP contribution < -0.4 is 10.3 Å². The lowest BCUT2D eigenvalue weighted by Gasteiger charge is -2.28. The first kappa shape index (κ1) is 19.9. The van der Waals surface area contributed by atoms with Crippen LogP contribution in [0.5, 0.6) is 0 Å². The van der Waals surface area contributed by atoms with E-state index in [2.05, 4.69) is 20.5 Å². The summed E-state index contributed by atoms with van der Waals surface area (Å²) in [6.07, 6.45) is 0. The minimum atomic E-state index is -2.22. The number of halogens is 5. The van der Waals surface area contributed by atoms with Gasteiger partial charge in [0, 0.05) is 19.2 Å². The van der Waals surface area contributed by atoms with E-state index in [9.17, 15) is 22.0 Å². The third-order valence-corrected chi connectivity index (χ3v) is 4.07. The van der Waals surface area contributed by atoms with Crippen LogP contribution in [0.4, 0.5) is 33.6 Å². The van der Waals surface area contributed by atoms with Crippen molar-refractivity contribution < 1.29 is 26.7 Å². The molecule has 2 aromatic rings. The third kappa shape index (κ3) is 3.88. The van der Waals surface area contributed by atoms with E-state index < -0.39 is 40.4 Å². The maximum absolute atomic E-state index is 13.9. The summed E-state index contributed by atoms with van der Waals surface area (Å²) in [5.41, 5.74) is 0.937. The fraction of sp³-hybridized carbons (Fsp3) is 0.353. The Balaban J connectivity index is 1.89. The quantitative estimate of drug-likeness (QED) is 0.280. The SMILES string of the molecule is CC(=NNc1cc(N2CCOCC2)nc(C)n1)c1c(F)c(F)c(F)c(F)c1F. The molecule has 0 bridgehead atoms. The highest BCUT2D eigenvalue weighted by Crippen LogP contribution is 2.24. The predicted molar refractivity (Wildman–Crippen MR) is 91.9 cm³/mol. The Bertz CT molecular complexity index is 902. The van der Waals surface area contributed by atoms with Crippen LogP contribution in [-0.4, -0.2) is 42.0 Å². The molecule has 0 unspecified atom stereocenters. The van der Waals surface area contributed by atoms with Crippen LogP contribution in [-0.2, 0) is 4.74 Å². The first-order valence-corrected chi connectivity index (χ1v) is 8.30. The first-order valence-electron chi connectivity index (χ1n) is 8.30. The smallest absolute Gasteiger partial charge is 0.200 e. The van der Waals surface area contributed by atoms with Crippen molar-refractivity contribution in [3.63, 3.8) is 0 Å². The summed E-state index contributed by atoms with van der Waals surface area (Å²) >= 11 is 0. The molecule has 1 aliphatic heterocycles. The zero-order valence-corrected chi connectivity index (χ0v) is 15.0. The van der Waals surface area contributed by atoms with Crippen molar-refractivity contribution in [1.29, 1.82) is 0 Å². The molecular weight excluding hydrogens is 385 g/mol. The van der Waals surface area contributed by atoms with E-state index in [0.29, 0.717) is 37.9 Å². The number of anilines is 2. The van der Waals surface area contributed by atoms with Gasteiger partial charge in [-0.2, -0.15) is 5.10 Å². The van der Waals surface area contributed by atoms with Crippen molar-refractivity contribution in [2.24, 2.45) is 5.10 Å². The van der Waals surface area contributed by atoms with Gasteiger partial charge in [0.1, 0.15) is 11.6 Å². The molecule has 0 aliphatic carbocycles. The molecule has 1 fully saturated rings. The van der Waals surface area contributed by atoms with Gasteiger partial charge in [-0.1, -0.05) is 0 Å². The summed E-state index contributed by atoms with van der Waals surface area (Å²) in [5, 5.41) is 3.72. The summed E-state index contributed by atoms with van der Waals surface area (Å²) in [7, 11) is 0. The fourth-order valence-corrected chi connectivity index (χ4v) is 2.68. The summed E-state index contributed by atoms with van der Waals surface area (Å²) < 4.78 is 72.9. The van der Waals surface area contributed by atoms with Gasteiger partial charge >= 0.3 is 0 Å². The zero-order chi connectivity index (χ0) is 20.4. The Morgan fingerprint density at radius 1 is 1.00 bits per heavy atom. The number of ether oxygens (including phenoxy) is 1. The number of nitrogens with one attached hydrogen (secondary N) is 1. The highest BCUT2D eigenvalue weighted by molar-refractivity contribution is 5.99. The number of nitrogens with zero attached hydrogens (tertiary/aromatic N) is 4. The average Bonchev–Trinajstić information content (AvgIpc) is 2.69. The van der Waals surface area contributed by atoms with Gasteiger partial charge in [0.15, 0.2) is 29.1 Å². The van der Waals surface area contributed by atoms with Gasteiger partial charge < -0.3 is 9.64 Å². The molecule has 1 aliphatic rings. The molecule has 0 amide bonds. The lowest BCUT2D eigenvalue weighted by molar-refractivity contribution is 0.122. The molecule has 2 heterocycles. The second-order valence-electron chi connectivity index (χ2n) is 6.01. The molecule has 3 rings (SSSR count). The van der Waals surface area contributed by atoms with E-state index in [4.69, 9.17) is 4.74 Å². The number of benzene rings is 1. The van der Waals surface area contributed by atoms with Crippen molar-refractivity contribution in [3.05, 3.63) is 46.5 Å². The second kappa shape index (κ2) is 8.05. The van der Waals surface area contributed by atoms with Gasteiger partial charge in [-0.3, -0.25) is 5.43 Å². The van der Waals surface area contributed by atoms with Gasteiger partial charge in [0.25, 0.3) is 0 Å². The molecule has 0 atom stereocenters. The minimum absolute atomic E-state index is 0.206. The van der Waals surface area contributed by atoms with Crippen molar-refractivity contribution in [1.82, 2.24) is 9.97 Å². The fourth-order valence-electron chi connectivity index (χ4n) is 2.68. The summed E-state index contributed by atoms with van der Waals surface area (Å²) in [6, 6.07) is 1.56. The van der Waals surface area contributed by atoms with E-state index in [1.54, 1.807) is 13.0 Å². The van der Waals surface area contributed by atoms with Crippen molar-refractivity contribution >= 4 is 17.3 Å². The number of hydrogen-bond donors (Lipinski definition) is 1. The molecule has 0 spiro atoms. The molecule has 1 N–H and O–H groups in total. The minimum Gasteiger partial charge on any atom is -0.378 e. The van der Waals surface area contributed by atoms with Crippen LogP contribution in [0.1, 0.15) is 18.3 Å². The number of aromatic nitrogens is 2. The first-order chi connectivity index (χ1) is 13.3. The van der Waals surface area contributed by atoms with Crippen LogP contribution in [0.15, 0.2) is 11.2 Å². The van der Waals surface area contributed by atoms with Gasteiger partial charge in [0.2, 0.25) is 5.82 Å². The van der Waals surface area contributed by atoms with E-state index in [1.807, 2.05) is 4.90 Å². The summed E-state index contributed by atoms with van der Waals surface area (Å²) in [4.78, 5) is 10.4. The molecule has 1 aromatic heterocycles. The zero-order valence-electron chi connectivity index (χ0n) is 15.0. The van der Waals surface area contributed by atoms with Crippen molar-refractivity contribution in [3.8, 4) is 0 Å². The van der Waals surface area contributed by atoms with E-state index in [0.717, 1.165) is 6.92 Å². The van der Waals surface area contributed by atoms with Crippen molar-refractivity contribution in [2.75, 3.05) is 36.6 Å². The van der Waals surface area contributed by atoms with Gasteiger partial charge in [-0.15, -0.1) is 0 Å². The maximum atomic E-state index is 13.9. The van der Waals surface area contributed by atoms with Gasteiger partial charge in [-0.05, 0) is 13.8 Å². The second-order valence-corrected chi connectivity index (χ2v) is 6.01. The number of morpholine rings is 1. The lowest BCUT2D eigenvalue weighted by atomic mass is 10.1. The molecule has 28 heavy (non-hydrogen) atoms. The maximum Gasteiger partial charge on any atom is 0.200 e. The Morgan fingerprint density at radius 3 is 2.18 bits per heavy atom. The molecule has 6 nitrogen and oxygen atoms in total. The largest absolute Gasteiger partial charge is 0.378 e. The molecule has 0 saturated carbocycles. The number of aryl methyl sites for hydroxylation is 1. The summed E-state index contributed by atoms with van der Waals surface area (Å²) in [6.45, 7) is 5.11. The highest BCUT2D eigenvalue weighted by Gasteiger charge is 2.27. The Morgan fingerprint density at radius 2 is 1.57 bits per heavy atom. The van der Waals surface area contributed by atoms with Crippen LogP contribution in [0, 0.1) is 36.0 Å². The topological polar surface area (TPSA) is 62.6 Å². The van der Waals surface area contributed by atoms with Gasteiger partial charge in [-0.25, -0.2) is 31.9 Å². The normalized spacial score (nSPS) is 15.1. The molecular formula is C17H16F5N5O. The molecule has 1 aromatic carbocycles. The average molecular weight is 401 g/mol. The standard InChI is InChI=1S/C17H16F5N5O/c1-8(12-13(18)15(20)17(22)16(21)14(12)19)25-26-10-7-11(24-9(2)23-10)27-3-5-28-6-4-27/h7H,3-6H2,1-2H3,(H,23,24,26). The van der Waals surface area contributed by atoms with Crippen LogP contribution in [0.3, 0.4) is 0 Å². The number of hydrogen-bond acceptors (Lipinski definition) is 6. The third-order valence-electron chi connectivity index (χ3n) is 4.07. The van der Waals surface area contributed by atoms with Crippen LogP contribution in [0.25, 0.3) is 0 Å². The molecule has 0 radical (unpaired) electrons. The molecule has 150 valence electrons. The Labute approximate surface area is 157 Å². The Hall–Kier alpha value is -2.82. The summed E-state index contributed by atoms with van der Waals surface area (Å²) in [5.74, 6) is -8.97. The van der Waals surface area contributed by atoms with Gasteiger partial charge in [0.05, 0.1) is 24.5 Å². The number of hydrazone groups is 1. The van der Waals surface area contributed by atoms with E-state index in [-0.39, 0.29) is 5.82 Å². The van der Waals surface area contributed by atoms with Crippen molar-refractivity contribution in [2.45, 2.75) is 13.8 Å². The van der Waals surface area contributed by atoms with E-state index >= 15 is 0 Å². The molecule has 1 saturated heterocycles. The molecule has 11 heteroatoms. The van der Waals surface area contributed by atoms with Crippen LogP contribution >= 0.6 is 0 Å². The Kier molecular flexibility index (Phi) is 5.73. The number of rotatable bonds is 4. The monoisotopic (exact) mass is 401 g/mol. The predicted octanol–water partition coefficient (Wildman–Crippen LogP) is 3.15. The van der Waals surface area contributed by atoms with E-state index in [1.165, 1.54) is 0 Å². The lowest BCUT2D eigenvalue weighted by Crippen LogP contribution is -2.36. The van der Waals surface area contributed by atoms with Crippen LogP contribution in [0.2, 0.25) is 0 Å². The highest BCUT2D eigenvalue weighted by atomic mass is 19.2.